The second-order valence-corrected chi connectivity index (χ2v) is 6.57. The maximum absolute atomic E-state index is 12.1. The molecule has 0 bridgehead atoms. The Balaban J connectivity index is 1.59. The van der Waals surface area contributed by atoms with Crippen molar-refractivity contribution in [2.45, 2.75) is 19.4 Å². The molecule has 8 heteroatoms. The molecule has 1 atom stereocenters. The lowest BCUT2D eigenvalue weighted by Gasteiger charge is -2.17. The Kier molecular flexibility index (Phi) is 4.49. The van der Waals surface area contributed by atoms with Gasteiger partial charge in [0.05, 0.1) is 11.7 Å². The summed E-state index contributed by atoms with van der Waals surface area (Å²) in [6.45, 7) is 2.30. The minimum atomic E-state index is -0.352. The first kappa shape index (κ1) is 15.8. The van der Waals surface area contributed by atoms with E-state index >= 15 is 0 Å². The van der Waals surface area contributed by atoms with Crippen molar-refractivity contribution in [1.82, 2.24) is 10.3 Å². The summed E-state index contributed by atoms with van der Waals surface area (Å²) < 4.78 is 0. The number of carbonyl (C=O) groups excluding carboxylic acids is 2. The molecule has 2 N–H and O–H groups in total. The Hall–Kier alpha value is -2.12. The Labute approximate surface area is 142 Å². The van der Waals surface area contributed by atoms with Crippen LogP contribution in [0.1, 0.15) is 12.1 Å². The predicted octanol–water partition coefficient (Wildman–Crippen LogP) is 3.03. The monoisotopic (exact) mass is 350 g/mol. The first-order valence-corrected chi connectivity index (χ1v) is 8.32. The number of amides is 3. The first-order chi connectivity index (χ1) is 11.0. The molecule has 1 aromatic carbocycles. The molecule has 1 aliphatic heterocycles. The maximum atomic E-state index is 12.1. The van der Waals surface area contributed by atoms with E-state index in [9.17, 15) is 9.59 Å². The van der Waals surface area contributed by atoms with Gasteiger partial charge in [-0.05, 0) is 31.2 Å². The van der Waals surface area contributed by atoms with E-state index < -0.39 is 0 Å². The fourth-order valence-electron chi connectivity index (χ4n) is 2.40. The van der Waals surface area contributed by atoms with Crippen molar-refractivity contribution in [1.29, 1.82) is 0 Å². The summed E-state index contributed by atoms with van der Waals surface area (Å²) in [6.07, 6.45) is 0.271. The van der Waals surface area contributed by atoms with E-state index in [0.29, 0.717) is 16.7 Å². The van der Waals surface area contributed by atoms with Crippen LogP contribution in [0, 0.1) is 6.92 Å². The maximum Gasteiger partial charge on any atom is 0.321 e. The Bertz CT molecular complexity index is 731. The normalized spacial score (nSPS) is 17.4. The van der Waals surface area contributed by atoms with Gasteiger partial charge in [-0.15, -0.1) is 11.3 Å². The van der Waals surface area contributed by atoms with Crippen LogP contribution in [0.3, 0.4) is 0 Å². The van der Waals surface area contributed by atoms with Crippen LogP contribution in [0.25, 0.3) is 0 Å². The summed E-state index contributed by atoms with van der Waals surface area (Å²) in [5.74, 6) is -0.0253. The molecule has 0 spiro atoms. The summed E-state index contributed by atoms with van der Waals surface area (Å²) in [7, 11) is 0. The fraction of sp³-hybridized carbons (Fsp3) is 0.267. The highest BCUT2D eigenvalue weighted by Gasteiger charge is 2.31. The number of nitrogens with one attached hydrogen (secondary N) is 2. The van der Waals surface area contributed by atoms with Gasteiger partial charge in [-0.3, -0.25) is 10.1 Å². The van der Waals surface area contributed by atoms with Crippen LogP contribution in [0.15, 0.2) is 29.6 Å². The van der Waals surface area contributed by atoms with Crippen LogP contribution in [-0.4, -0.2) is 29.5 Å². The molecule has 6 nitrogen and oxygen atoms in total. The molecule has 3 amide bonds. The average Bonchev–Trinajstić information content (AvgIpc) is 3.06. The van der Waals surface area contributed by atoms with Crippen molar-refractivity contribution in [3.8, 4) is 0 Å². The minimum Gasteiger partial charge on any atom is -0.333 e. The van der Waals surface area contributed by atoms with Gasteiger partial charge >= 0.3 is 6.03 Å². The molecule has 1 aliphatic rings. The molecular weight excluding hydrogens is 336 g/mol. The van der Waals surface area contributed by atoms with Gasteiger partial charge in [-0.1, -0.05) is 11.6 Å². The molecular formula is C15H15ClN4O2S. The van der Waals surface area contributed by atoms with Crippen LogP contribution >= 0.6 is 22.9 Å². The van der Waals surface area contributed by atoms with Crippen molar-refractivity contribution in [2.75, 3.05) is 16.8 Å². The molecule has 0 unspecified atom stereocenters. The highest BCUT2D eigenvalue weighted by Crippen LogP contribution is 2.23. The fourth-order valence-corrected chi connectivity index (χ4v) is 3.21. The smallest absolute Gasteiger partial charge is 0.321 e. The number of hydrogen-bond donors (Lipinski definition) is 2. The lowest BCUT2D eigenvalue weighted by atomic mass is 10.2. The molecule has 1 saturated heterocycles. The summed E-state index contributed by atoms with van der Waals surface area (Å²) >= 11 is 7.22. The number of carbonyl (C=O) groups is 2. The number of nitrogens with zero attached hydrogens (tertiary/aromatic N) is 2. The van der Waals surface area contributed by atoms with Crippen LogP contribution in [0.4, 0.5) is 15.6 Å². The summed E-state index contributed by atoms with van der Waals surface area (Å²) in [6, 6.07) is 6.47. The topological polar surface area (TPSA) is 74.3 Å². The van der Waals surface area contributed by atoms with Gasteiger partial charge in [0.2, 0.25) is 5.91 Å². The van der Waals surface area contributed by atoms with Gasteiger partial charge in [-0.2, -0.15) is 0 Å². The minimum absolute atomic E-state index is 0.0253. The molecule has 2 heterocycles. The van der Waals surface area contributed by atoms with E-state index in [1.807, 2.05) is 12.3 Å². The molecule has 0 aliphatic carbocycles. The van der Waals surface area contributed by atoms with E-state index in [-0.39, 0.29) is 24.4 Å². The van der Waals surface area contributed by atoms with E-state index in [0.717, 1.165) is 11.4 Å². The number of halogens is 1. The van der Waals surface area contributed by atoms with Crippen LogP contribution < -0.4 is 15.5 Å². The second-order valence-electron chi connectivity index (χ2n) is 5.27. The van der Waals surface area contributed by atoms with Gasteiger partial charge < -0.3 is 10.2 Å². The SMILES string of the molecule is Cc1csc(NC(=O)N[C@H]2CC(=O)N(c3ccc(Cl)cc3)C2)n1. The van der Waals surface area contributed by atoms with E-state index in [1.165, 1.54) is 11.3 Å². The van der Waals surface area contributed by atoms with E-state index in [2.05, 4.69) is 15.6 Å². The van der Waals surface area contributed by atoms with Gasteiger partial charge in [0, 0.05) is 29.1 Å². The summed E-state index contributed by atoms with van der Waals surface area (Å²) in [5.41, 5.74) is 1.63. The quantitative estimate of drug-likeness (QED) is 0.893. The van der Waals surface area contributed by atoms with Crippen molar-refractivity contribution in [2.24, 2.45) is 0 Å². The zero-order chi connectivity index (χ0) is 16.4. The van der Waals surface area contributed by atoms with Gasteiger partial charge in [0.15, 0.2) is 5.13 Å². The number of hydrogen-bond acceptors (Lipinski definition) is 4. The van der Waals surface area contributed by atoms with Gasteiger partial charge in [0.1, 0.15) is 0 Å². The highest BCUT2D eigenvalue weighted by molar-refractivity contribution is 7.13. The number of rotatable bonds is 3. The lowest BCUT2D eigenvalue weighted by Crippen LogP contribution is -2.39. The molecule has 120 valence electrons. The van der Waals surface area contributed by atoms with Crippen molar-refractivity contribution in [3.63, 3.8) is 0 Å². The average molecular weight is 351 g/mol. The van der Waals surface area contributed by atoms with Gasteiger partial charge in [-0.25, -0.2) is 9.78 Å². The van der Waals surface area contributed by atoms with Crippen LogP contribution in [-0.2, 0) is 4.79 Å². The molecule has 2 aromatic rings. The number of urea groups is 1. The Morgan fingerprint density at radius 2 is 2.13 bits per heavy atom. The third-order valence-corrected chi connectivity index (χ3v) is 4.57. The molecule has 23 heavy (non-hydrogen) atoms. The summed E-state index contributed by atoms with van der Waals surface area (Å²) in [4.78, 5) is 29.9. The van der Waals surface area contributed by atoms with Crippen LogP contribution in [0.2, 0.25) is 5.02 Å². The molecule has 1 fully saturated rings. The highest BCUT2D eigenvalue weighted by atomic mass is 35.5. The van der Waals surface area contributed by atoms with Crippen LogP contribution in [0.5, 0.6) is 0 Å². The lowest BCUT2D eigenvalue weighted by molar-refractivity contribution is -0.117. The van der Waals surface area contributed by atoms with E-state index in [4.69, 9.17) is 11.6 Å². The van der Waals surface area contributed by atoms with Crippen molar-refractivity contribution >= 4 is 45.7 Å². The molecule has 0 radical (unpaired) electrons. The molecule has 3 rings (SSSR count). The number of anilines is 2. The second kappa shape index (κ2) is 6.55. The standard InChI is InChI=1S/C15H15ClN4O2S/c1-9-8-23-15(17-9)19-14(22)18-11-6-13(21)20(7-11)12-4-2-10(16)3-5-12/h2-5,8,11H,6-7H2,1H3,(H2,17,18,19,22)/t11-/m0/s1. The Morgan fingerprint density at radius 1 is 1.39 bits per heavy atom. The predicted molar refractivity (Wildman–Crippen MR) is 91.2 cm³/mol. The summed E-state index contributed by atoms with van der Waals surface area (Å²) in [5, 5.41) is 8.50. The molecule has 1 aromatic heterocycles. The Morgan fingerprint density at radius 3 is 2.78 bits per heavy atom. The van der Waals surface area contributed by atoms with Crippen molar-refractivity contribution < 1.29 is 9.59 Å². The molecule has 0 saturated carbocycles. The van der Waals surface area contributed by atoms with E-state index in [1.54, 1.807) is 29.2 Å². The number of thiazole rings is 1. The third kappa shape index (κ3) is 3.80. The zero-order valence-corrected chi connectivity index (χ0v) is 13.9. The number of benzene rings is 1. The number of aromatic nitrogens is 1. The number of aryl methyl sites for hydroxylation is 1. The first-order valence-electron chi connectivity index (χ1n) is 7.07. The largest absolute Gasteiger partial charge is 0.333 e. The third-order valence-electron chi connectivity index (χ3n) is 3.44. The van der Waals surface area contributed by atoms with Crippen molar-refractivity contribution in [3.05, 3.63) is 40.4 Å². The van der Waals surface area contributed by atoms with Gasteiger partial charge in [0.25, 0.3) is 0 Å². The zero-order valence-electron chi connectivity index (χ0n) is 12.4.